The van der Waals surface area contributed by atoms with Gasteiger partial charge < -0.3 is 25.3 Å². The SMILES string of the molecule is CNC(=O)CC1C(C(C)(C)C)N(C(=O)O)CCN1C(=O)O. The standard InChI is InChI=1S/C13H23N3O5/c1-13(2,3)10-8(7-9(17)14-4)15(11(18)19)5-6-16(10)12(20)21/h8,10H,5-7H2,1-4H3,(H,14,17)(H,18,19)(H,20,21). The van der Waals surface area contributed by atoms with Crippen LogP contribution in [-0.2, 0) is 4.79 Å². The molecule has 0 radical (unpaired) electrons. The zero-order valence-corrected chi connectivity index (χ0v) is 12.8. The highest BCUT2D eigenvalue weighted by atomic mass is 16.4. The van der Waals surface area contributed by atoms with Crippen molar-refractivity contribution in [1.82, 2.24) is 15.1 Å². The lowest BCUT2D eigenvalue weighted by Crippen LogP contribution is -2.66. The van der Waals surface area contributed by atoms with Gasteiger partial charge in [0.25, 0.3) is 0 Å². The predicted octanol–water partition coefficient (Wildman–Crippen LogP) is 0.879. The zero-order chi connectivity index (χ0) is 16.4. The fraction of sp³-hybridized carbons (Fsp3) is 0.769. The van der Waals surface area contributed by atoms with Gasteiger partial charge >= 0.3 is 12.2 Å². The van der Waals surface area contributed by atoms with E-state index < -0.39 is 29.7 Å². The molecule has 1 rings (SSSR count). The number of carbonyl (C=O) groups is 3. The highest BCUT2D eigenvalue weighted by molar-refractivity contribution is 5.78. The molecule has 1 fully saturated rings. The maximum absolute atomic E-state index is 11.7. The average molecular weight is 301 g/mol. The molecule has 8 heteroatoms. The summed E-state index contributed by atoms with van der Waals surface area (Å²) in [6.07, 6.45) is -2.29. The maximum Gasteiger partial charge on any atom is 0.407 e. The van der Waals surface area contributed by atoms with Crippen molar-refractivity contribution in [3.63, 3.8) is 0 Å². The van der Waals surface area contributed by atoms with Crippen LogP contribution in [-0.4, -0.2) is 70.3 Å². The molecule has 0 aromatic heterocycles. The molecule has 21 heavy (non-hydrogen) atoms. The quantitative estimate of drug-likeness (QED) is 0.701. The summed E-state index contributed by atoms with van der Waals surface area (Å²) in [5.74, 6) is -0.312. The van der Waals surface area contributed by atoms with Crippen LogP contribution in [0, 0.1) is 5.41 Å². The van der Waals surface area contributed by atoms with Crippen LogP contribution in [0.15, 0.2) is 0 Å². The van der Waals surface area contributed by atoms with Crippen molar-refractivity contribution in [2.75, 3.05) is 20.1 Å². The monoisotopic (exact) mass is 301 g/mol. The Labute approximate surface area is 123 Å². The largest absolute Gasteiger partial charge is 0.465 e. The second kappa shape index (κ2) is 6.19. The molecule has 0 aromatic rings. The first-order valence-corrected chi connectivity index (χ1v) is 6.79. The number of hydrogen-bond acceptors (Lipinski definition) is 3. The number of hydrogen-bond donors (Lipinski definition) is 3. The number of carboxylic acid groups (broad SMARTS) is 2. The van der Waals surface area contributed by atoms with E-state index in [9.17, 15) is 24.6 Å². The lowest BCUT2D eigenvalue weighted by atomic mass is 9.78. The first-order valence-electron chi connectivity index (χ1n) is 6.79. The molecule has 0 aromatic carbocycles. The fourth-order valence-electron chi connectivity index (χ4n) is 2.91. The minimum absolute atomic E-state index is 0.0610. The molecule has 2 atom stereocenters. The highest BCUT2D eigenvalue weighted by Gasteiger charge is 2.47. The Morgan fingerprint density at radius 1 is 1.10 bits per heavy atom. The second-order valence-corrected chi connectivity index (χ2v) is 6.21. The first kappa shape index (κ1) is 17.1. The van der Waals surface area contributed by atoms with Gasteiger partial charge in [-0.15, -0.1) is 0 Å². The molecule has 1 saturated heterocycles. The summed E-state index contributed by atoms with van der Waals surface area (Å²) in [6.45, 7) is 5.70. The van der Waals surface area contributed by atoms with Crippen LogP contribution in [0.5, 0.6) is 0 Å². The molecule has 1 heterocycles. The smallest absolute Gasteiger partial charge is 0.407 e. The van der Waals surface area contributed by atoms with Crippen LogP contribution >= 0.6 is 0 Å². The summed E-state index contributed by atoms with van der Waals surface area (Å²) in [5.41, 5.74) is -0.495. The van der Waals surface area contributed by atoms with Crippen molar-refractivity contribution in [3.8, 4) is 0 Å². The Kier molecular flexibility index (Phi) is 5.03. The normalized spacial score (nSPS) is 22.9. The van der Waals surface area contributed by atoms with E-state index in [1.165, 1.54) is 16.8 Å². The van der Waals surface area contributed by atoms with Gasteiger partial charge in [0.2, 0.25) is 5.91 Å². The average Bonchev–Trinajstić information content (AvgIpc) is 2.35. The van der Waals surface area contributed by atoms with Crippen molar-refractivity contribution < 1.29 is 24.6 Å². The van der Waals surface area contributed by atoms with E-state index >= 15 is 0 Å². The Morgan fingerprint density at radius 3 is 1.95 bits per heavy atom. The summed E-state index contributed by atoms with van der Waals surface area (Å²) in [5, 5.41) is 21.2. The molecular formula is C13H23N3O5. The van der Waals surface area contributed by atoms with Crippen LogP contribution in [0.25, 0.3) is 0 Å². The van der Waals surface area contributed by atoms with E-state index in [1.54, 1.807) is 0 Å². The predicted molar refractivity (Wildman–Crippen MR) is 75.2 cm³/mol. The van der Waals surface area contributed by atoms with Gasteiger partial charge in [0.1, 0.15) is 0 Å². The van der Waals surface area contributed by atoms with E-state index in [-0.39, 0.29) is 25.4 Å². The lowest BCUT2D eigenvalue weighted by molar-refractivity contribution is -0.123. The molecule has 1 aliphatic rings. The molecular weight excluding hydrogens is 278 g/mol. The maximum atomic E-state index is 11.7. The third kappa shape index (κ3) is 3.77. The van der Waals surface area contributed by atoms with Crippen molar-refractivity contribution in [3.05, 3.63) is 0 Å². The molecule has 1 aliphatic heterocycles. The Hall–Kier alpha value is -1.99. The Balaban J connectivity index is 3.21. The number of carbonyl (C=O) groups excluding carboxylic acids is 1. The van der Waals surface area contributed by atoms with Crippen molar-refractivity contribution in [1.29, 1.82) is 0 Å². The summed E-state index contributed by atoms with van der Waals surface area (Å²) in [4.78, 5) is 37.0. The number of nitrogens with zero attached hydrogens (tertiary/aromatic N) is 2. The van der Waals surface area contributed by atoms with Gasteiger partial charge in [-0.1, -0.05) is 20.8 Å². The fourth-order valence-corrected chi connectivity index (χ4v) is 2.91. The third-order valence-corrected chi connectivity index (χ3v) is 3.73. The van der Waals surface area contributed by atoms with Crippen LogP contribution < -0.4 is 5.32 Å². The first-order chi connectivity index (χ1) is 9.59. The summed E-state index contributed by atoms with van der Waals surface area (Å²) in [7, 11) is 1.47. The van der Waals surface area contributed by atoms with Gasteiger partial charge in [0.15, 0.2) is 0 Å². The minimum atomic E-state index is -1.14. The van der Waals surface area contributed by atoms with Gasteiger partial charge in [0, 0.05) is 26.6 Å². The van der Waals surface area contributed by atoms with Gasteiger partial charge in [0.05, 0.1) is 12.1 Å². The summed E-state index contributed by atoms with van der Waals surface area (Å²) in [6, 6.07) is -1.29. The molecule has 120 valence electrons. The van der Waals surface area contributed by atoms with E-state index in [2.05, 4.69) is 5.32 Å². The third-order valence-electron chi connectivity index (χ3n) is 3.73. The van der Waals surface area contributed by atoms with Crippen molar-refractivity contribution in [2.45, 2.75) is 39.3 Å². The topological polar surface area (TPSA) is 110 Å². The van der Waals surface area contributed by atoms with Gasteiger partial charge in [-0.25, -0.2) is 9.59 Å². The molecule has 3 N–H and O–H groups in total. The zero-order valence-electron chi connectivity index (χ0n) is 12.8. The van der Waals surface area contributed by atoms with E-state index in [0.717, 1.165) is 0 Å². The van der Waals surface area contributed by atoms with Crippen LogP contribution in [0.3, 0.4) is 0 Å². The molecule has 2 unspecified atom stereocenters. The molecule has 0 aliphatic carbocycles. The van der Waals surface area contributed by atoms with Crippen LogP contribution in [0.1, 0.15) is 27.2 Å². The second-order valence-electron chi connectivity index (χ2n) is 6.21. The van der Waals surface area contributed by atoms with E-state index in [4.69, 9.17) is 0 Å². The number of rotatable bonds is 2. The highest BCUT2D eigenvalue weighted by Crippen LogP contribution is 2.33. The summed E-state index contributed by atoms with van der Waals surface area (Å²) >= 11 is 0. The van der Waals surface area contributed by atoms with Crippen molar-refractivity contribution in [2.24, 2.45) is 5.41 Å². The number of piperazine rings is 1. The summed E-state index contributed by atoms with van der Waals surface area (Å²) < 4.78 is 0. The van der Waals surface area contributed by atoms with Gasteiger partial charge in [-0.2, -0.15) is 0 Å². The van der Waals surface area contributed by atoms with Gasteiger partial charge in [-0.05, 0) is 5.41 Å². The Bertz CT molecular complexity index is 432. The molecule has 0 saturated carbocycles. The lowest BCUT2D eigenvalue weighted by Gasteiger charge is -2.50. The van der Waals surface area contributed by atoms with Crippen LogP contribution in [0.4, 0.5) is 9.59 Å². The van der Waals surface area contributed by atoms with E-state index in [0.29, 0.717) is 0 Å². The van der Waals surface area contributed by atoms with E-state index in [1.807, 2.05) is 20.8 Å². The van der Waals surface area contributed by atoms with Crippen molar-refractivity contribution >= 4 is 18.1 Å². The molecule has 3 amide bonds. The molecule has 0 bridgehead atoms. The molecule has 0 spiro atoms. The molecule has 8 nitrogen and oxygen atoms in total. The Morgan fingerprint density at radius 2 is 1.57 bits per heavy atom. The minimum Gasteiger partial charge on any atom is -0.465 e. The number of nitrogens with one attached hydrogen (secondary N) is 1. The van der Waals surface area contributed by atoms with Gasteiger partial charge in [-0.3, -0.25) is 4.79 Å². The van der Waals surface area contributed by atoms with Crippen LogP contribution in [0.2, 0.25) is 0 Å². The number of amides is 3.